The molecule has 6 heteroatoms. The monoisotopic (exact) mass is 514 g/mol. The smallest absolute Gasteiger partial charge is 0.233 e. The normalized spacial score (nSPS) is 25.5. The molecule has 0 aromatic heterocycles. The van der Waals surface area contributed by atoms with Gasteiger partial charge in [0.1, 0.15) is 0 Å². The van der Waals surface area contributed by atoms with Gasteiger partial charge in [0, 0.05) is 25.7 Å². The van der Waals surface area contributed by atoms with E-state index in [2.05, 4.69) is 0 Å². The molecule has 0 unspecified atom stereocenters. The van der Waals surface area contributed by atoms with Gasteiger partial charge in [-0.1, -0.05) is 128 Å². The summed E-state index contributed by atoms with van der Waals surface area (Å²) in [6.45, 7) is 0. The summed E-state index contributed by atoms with van der Waals surface area (Å²) in [4.78, 5) is 22.0. The third-order valence-electron chi connectivity index (χ3n) is 8.41. The van der Waals surface area contributed by atoms with E-state index in [1.165, 1.54) is 103 Å². The number of hydrogen-bond donors (Lipinski definition) is 2. The Hall–Kier alpha value is -0.240. The highest BCUT2D eigenvalue weighted by atomic mass is 17.3. The molecule has 0 radical (unpaired) electrons. The summed E-state index contributed by atoms with van der Waals surface area (Å²) in [5.41, 5.74) is 0. The van der Waals surface area contributed by atoms with Crippen LogP contribution in [0.5, 0.6) is 0 Å². The van der Waals surface area contributed by atoms with Crippen molar-refractivity contribution >= 4 is 0 Å². The maximum Gasteiger partial charge on any atom is 0.233 e. The first-order chi connectivity index (χ1) is 17.7. The summed E-state index contributed by atoms with van der Waals surface area (Å²) >= 11 is 0. The maximum atomic E-state index is 10.0. The van der Waals surface area contributed by atoms with Crippen molar-refractivity contribution in [2.45, 2.75) is 191 Å². The van der Waals surface area contributed by atoms with E-state index in [0.717, 1.165) is 51.4 Å². The molecule has 0 aromatic rings. The van der Waals surface area contributed by atoms with Crippen LogP contribution in [0.3, 0.4) is 0 Å². The van der Waals surface area contributed by atoms with Crippen molar-refractivity contribution in [1.29, 1.82) is 0 Å². The first-order valence-corrected chi connectivity index (χ1v) is 15.8. The molecule has 2 rings (SSSR count). The van der Waals surface area contributed by atoms with Crippen LogP contribution >= 0.6 is 0 Å². The fraction of sp³-hybridized carbons (Fsp3) is 1.00. The Morgan fingerprint density at radius 1 is 0.278 bits per heavy atom. The van der Waals surface area contributed by atoms with Crippen LogP contribution in [0.1, 0.15) is 180 Å². The molecule has 0 spiro atoms. The largest absolute Gasteiger partial charge is 0.249 e. The van der Waals surface area contributed by atoms with Gasteiger partial charge in [-0.2, -0.15) is 9.78 Å². The lowest BCUT2D eigenvalue weighted by atomic mass is 9.99. The fourth-order valence-corrected chi connectivity index (χ4v) is 5.89. The van der Waals surface area contributed by atoms with E-state index >= 15 is 0 Å². The van der Waals surface area contributed by atoms with E-state index in [-0.39, 0.29) is 0 Å². The van der Waals surface area contributed by atoms with Crippen LogP contribution in [-0.2, 0) is 19.6 Å². The molecular formula is C30H58O6. The second-order valence-electron chi connectivity index (χ2n) is 11.7. The molecule has 36 heavy (non-hydrogen) atoms. The Labute approximate surface area is 221 Å². The van der Waals surface area contributed by atoms with Gasteiger partial charge in [0.05, 0.1) is 0 Å². The molecule has 0 saturated heterocycles. The second kappa shape index (κ2) is 20.7. The molecule has 2 fully saturated rings. The van der Waals surface area contributed by atoms with E-state index < -0.39 is 11.6 Å². The van der Waals surface area contributed by atoms with Gasteiger partial charge < -0.3 is 0 Å². The van der Waals surface area contributed by atoms with Crippen LogP contribution in [0.15, 0.2) is 0 Å². The summed E-state index contributed by atoms with van der Waals surface area (Å²) < 4.78 is 0. The molecule has 0 aromatic carbocycles. The minimum absolute atomic E-state index is 0.574. The lowest BCUT2D eigenvalue weighted by Crippen LogP contribution is -2.42. The van der Waals surface area contributed by atoms with Crippen LogP contribution in [0.2, 0.25) is 0 Å². The Bertz CT molecular complexity index is 424. The van der Waals surface area contributed by atoms with E-state index in [0.29, 0.717) is 25.7 Å². The molecule has 0 amide bonds. The van der Waals surface area contributed by atoms with Gasteiger partial charge in [0.2, 0.25) is 11.6 Å². The molecule has 2 saturated carbocycles. The van der Waals surface area contributed by atoms with Gasteiger partial charge in [0.15, 0.2) is 0 Å². The average Bonchev–Trinajstić information content (AvgIpc) is 2.92. The quantitative estimate of drug-likeness (QED) is 0.216. The highest BCUT2D eigenvalue weighted by Crippen LogP contribution is 2.35. The van der Waals surface area contributed by atoms with Crippen molar-refractivity contribution in [3.05, 3.63) is 0 Å². The molecule has 2 N–H and O–H groups in total. The van der Waals surface area contributed by atoms with Crippen LogP contribution in [0.4, 0.5) is 0 Å². The standard InChI is InChI=1S/C30H58O6/c31-33-29(25-21-17-13-9-5-1-2-6-10-14-18-22-26-29)35-36-30(34-32)27-23-19-15-11-7-3-4-8-12-16-20-24-28-30/h31-32H,1-28H2. The molecule has 0 heterocycles. The predicted molar refractivity (Wildman–Crippen MR) is 144 cm³/mol. The van der Waals surface area contributed by atoms with Crippen molar-refractivity contribution in [3.8, 4) is 0 Å². The Balaban J connectivity index is 1.99. The second-order valence-corrected chi connectivity index (χ2v) is 11.7. The highest BCUT2D eigenvalue weighted by molar-refractivity contribution is 4.72. The van der Waals surface area contributed by atoms with Gasteiger partial charge in [-0.25, -0.2) is 20.3 Å². The van der Waals surface area contributed by atoms with Gasteiger partial charge in [-0.15, -0.1) is 0 Å². The third kappa shape index (κ3) is 14.1. The third-order valence-corrected chi connectivity index (χ3v) is 8.41. The molecule has 0 aliphatic heterocycles. The molecule has 2 aliphatic rings. The minimum Gasteiger partial charge on any atom is -0.249 e. The summed E-state index contributed by atoms with van der Waals surface area (Å²) in [5.74, 6) is -2.41. The van der Waals surface area contributed by atoms with E-state index in [4.69, 9.17) is 19.6 Å². The summed E-state index contributed by atoms with van der Waals surface area (Å²) in [6.07, 6.45) is 30.9. The van der Waals surface area contributed by atoms with Crippen molar-refractivity contribution < 1.29 is 30.1 Å². The molecule has 214 valence electrons. The van der Waals surface area contributed by atoms with Crippen molar-refractivity contribution in [3.63, 3.8) is 0 Å². The Kier molecular flexibility index (Phi) is 18.4. The van der Waals surface area contributed by atoms with Crippen molar-refractivity contribution in [2.75, 3.05) is 0 Å². The number of rotatable bonds is 5. The molecular weight excluding hydrogens is 456 g/mol. The predicted octanol–water partition coefficient (Wildman–Crippen LogP) is 10.3. The Morgan fingerprint density at radius 3 is 0.611 bits per heavy atom. The first kappa shape index (κ1) is 32.0. The number of hydrogen-bond acceptors (Lipinski definition) is 6. The highest BCUT2D eigenvalue weighted by Gasteiger charge is 2.40. The van der Waals surface area contributed by atoms with Crippen molar-refractivity contribution in [2.24, 2.45) is 0 Å². The maximum absolute atomic E-state index is 10.0. The zero-order chi connectivity index (χ0) is 25.6. The first-order valence-electron chi connectivity index (χ1n) is 15.8. The topological polar surface area (TPSA) is 77.4 Å². The van der Waals surface area contributed by atoms with Gasteiger partial charge in [-0.05, 0) is 25.7 Å². The van der Waals surface area contributed by atoms with Crippen molar-refractivity contribution in [1.82, 2.24) is 0 Å². The summed E-state index contributed by atoms with van der Waals surface area (Å²) in [7, 11) is 0. The minimum atomic E-state index is -1.21. The van der Waals surface area contributed by atoms with Crippen LogP contribution in [0.25, 0.3) is 0 Å². The lowest BCUT2D eigenvalue weighted by Gasteiger charge is -2.35. The lowest BCUT2D eigenvalue weighted by molar-refractivity contribution is -0.575. The van der Waals surface area contributed by atoms with E-state index in [1.807, 2.05) is 0 Å². The van der Waals surface area contributed by atoms with Crippen LogP contribution in [-0.4, -0.2) is 22.1 Å². The summed E-state index contributed by atoms with van der Waals surface area (Å²) in [5, 5.41) is 20.0. The zero-order valence-corrected chi connectivity index (χ0v) is 23.3. The van der Waals surface area contributed by atoms with Crippen LogP contribution < -0.4 is 0 Å². The fourth-order valence-electron chi connectivity index (χ4n) is 5.89. The average molecular weight is 515 g/mol. The van der Waals surface area contributed by atoms with Gasteiger partial charge in [-0.3, -0.25) is 0 Å². The zero-order valence-electron chi connectivity index (χ0n) is 23.3. The molecule has 0 bridgehead atoms. The van der Waals surface area contributed by atoms with Gasteiger partial charge in [0.25, 0.3) is 0 Å². The van der Waals surface area contributed by atoms with E-state index in [9.17, 15) is 10.5 Å². The van der Waals surface area contributed by atoms with Crippen LogP contribution in [0, 0.1) is 0 Å². The molecule has 0 atom stereocenters. The SMILES string of the molecule is OOC1(OOC2(OO)CCCCCCCCCCCCCC2)CCCCCCCCCCCCCC1. The summed E-state index contributed by atoms with van der Waals surface area (Å²) in [6, 6.07) is 0. The Morgan fingerprint density at radius 2 is 0.444 bits per heavy atom. The van der Waals surface area contributed by atoms with E-state index in [1.54, 1.807) is 0 Å². The van der Waals surface area contributed by atoms with Gasteiger partial charge >= 0.3 is 0 Å². The molecule has 6 nitrogen and oxygen atoms in total. The molecule has 2 aliphatic carbocycles.